The fourth-order valence-corrected chi connectivity index (χ4v) is 1.51. The Hall–Kier alpha value is -1.45. The Labute approximate surface area is 95.3 Å². The predicted octanol–water partition coefficient (Wildman–Crippen LogP) is 1.48. The molecule has 0 aliphatic heterocycles. The molecular weight excluding hydrogens is 204 g/mol. The van der Waals surface area contributed by atoms with Crippen LogP contribution in [-0.4, -0.2) is 15.3 Å². The lowest BCUT2D eigenvalue weighted by atomic mass is 10.0. The molecule has 0 aromatic carbocycles. The van der Waals surface area contributed by atoms with Crippen molar-refractivity contribution in [3.05, 3.63) is 27.9 Å². The van der Waals surface area contributed by atoms with E-state index in [9.17, 15) is 9.59 Å². The minimum absolute atomic E-state index is 0.00685. The van der Waals surface area contributed by atoms with E-state index in [0.717, 1.165) is 12.1 Å². The van der Waals surface area contributed by atoms with Crippen molar-refractivity contribution < 1.29 is 4.79 Å². The maximum atomic E-state index is 11.7. The Bertz CT molecular complexity index is 449. The predicted molar refractivity (Wildman–Crippen MR) is 62.4 cm³/mol. The summed E-state index contributed by atoms with van der Waals surface area (Å²) in [6, 6.07) is 1.81. The third kappa shape index (κ3) is 2.78. The van der Waals surface area contributed by atoms with Crippen LogP contribution in [0.2, 0.25) is 0 Å². The third-order valence-electron chi connectivity index (χ3n) is 2.82. The smallest absolute Gasteiger partial charge is 0.297 e. The van der Waals surface area contributed by atoms with Crippen LogP contribution in [0.25, 0.3) is 0 Å². The van der Waals surface area contributed by atoms with Crippen molar-refractivity contribution in [2.75, 3.05) is 0 Å². The lowest BCUT2D eigenvalue weighted by Gasteiger charge is -2.11. The average Bonchev–Trinajstić information content (AvgIpc) is 2.21. The number of nitrogens with zero attached hydrogens (tertiary/aromatic N) is 2. The number of Topliss-reactive ketones (excluding diaryl/α,β-unsaturated/α-hetero) is 1. The van der Waals surface area contributed by atoms with Crippen molar-refractivity contribution in [2.45, 2.75) is 40.7 Å². The van der Waals surface area contributed by atoms with Crippen molar-refractivity contribution in [2.24, 2.45) is 5.92 Å². The number of carbonyl (C=O) groups excluding carboxylic acids is 1. The van der Waals surface area contributed by atoms with Gasteiger partial charge in [0.2, 0.25) is 0 Å². The summed E-state index contributed by atoms with van der Waals surface area (Å²) in [5.41, 5.74) is 1.14. The fourth-order valence-electron chi connectivity index (χ4n) is 1.51. The van der Waals surface area contributed by atoms with Gasteiger partial charge < -0.3 is 0 Å². The molecule has 0 aliphatic rings. The van der Waals surface area contributed by atoms with Gasteiger partial charge in [0.15, 0.2) is 5.78 Å². The standard InChI is InChI=1S/C12H18N2O2/c1-5-8(2)11(15)7-14-10(4)6-9(3)13-12(14)16/h6,8H,5,7H2,1-4H3. The minimum Gasteiger partial charge on any atom is -0.297 e. The molecule has 0 amide bonds. The molecular formula is C12H18N2O2. The van der Waals surface area contributed by atoms with E-state index >= 15 is 0 Å². The minimum atomic E-state index is -0.339. The van der Waals surface area contributed by atoms with Gasteiger partial charge >= 0.3 is 5.69 Å². The Balaban J connectivity index is 2.98. The first-order valence-electron chi connectivity index (χ1n) is 5.53. The van der Waals surface area contributed by atoms with Crippen LogP contribution >= 0.6 is 0 Å². The van der Waals surface area contributed by atoms with Gasteiger partial charge in [0.25, 0.3) is 0 Å². The van der Waals surface area contributed by atoms with Crippen LogP contribution in [-0.2, 0) is 11.3 Å². The molecule has 1 unspecified atom stereocenters. The molecule has 0 N–H and O–H groups in total. The van der Waals surface area contributed by atoms with Crippen LogP contribution in [0.5, 0.6) is 0 Å². The zero-order valence-electron chi connectivity index (χ0n) is 10.3. The number of hydrogen-bond donors (Lipinski definition) is 0. The summed E-state index contributed by atoms with van der Waals surface area (Å²) >= 11 is 0. The summed E-state index contributed by atoms with van der Waals surface area (Å²) in [4.78, 5) is 27.2. The molecule has 1 rings (SSSR count). The molecule has 88 valence electrons. The zero-order chi connectivity index (χ0) is 12.3. The van der Waals surface area contributed by atoms with Gasteiger partial charge in [0, 0.05) is 17.3 Å². The first kappa shape index (κ1) is 12.6. The second kappa shape index (κ2) is 5.05. The third-order valence-corrected chi connectivity index (χ3v) is 2.82. The SMILES string of the molecule is CCC(C)C(=O)Cn1c(C)cc(C)nc1=O. The van der Waals surface area contributed by atoms with Crippen molar-refractivity contribution in [3.8, 4) is 0 Å². The summed E-state index contributed by atoms with van der Waals surface area (Å²) in [5, 5.41) is 0. The number of hydrogen-bond acceptors (Lipinski definition) is 3. The first-order valence-corrected chi connectivity index (χ1v) is 5.53. The largest absolute Gasteiger partial charge is 0.348 e. The Morgan fingerprint density at radius 2 is 2.12 bits per heavy atom. The Morgan fingerprint density at radius 3 is 2.62 bits per heavy atom. The molecule has 0 spiro atoms. The maximum Gasteiger partial charge on any atom is 0.348 e. The van der Waals surface area contributed by atoms with E-state index in [1.165, 1.54) is 4.57 Å². The van der Waals surface area contributed by atoms with E-state index in [1.807, 2.05) is 26.8 Å². The molecule has 1 aromatic heterocycles. The second-order valence-corrected chi connectivity index (χ2v) is 4.18. The van der Waals surface area contributed by atoms with E-state index in [2.05, 4.69) is 4.98 Å². The quantitative estimate of drug-likeness (QED) is 0.775. The normalized spacial score (nSPS) is 12.5. The molecule has 1 heterocycles. The van der Waals surface area contributed by atoms with Crippen LogP contribution in [0.15, 0.2) is 10.9 Å². The highest BCUT2D eigenvalue weighted by Crippen LogP contribution is 2.05. The number of aryl methyl sites for hydroxylation is 2. The Morgan fingerprint density at radius 1 is 1.50 bits per heavy atom. The van der Waals surface area contributed by atoms with E-state index in [-0.39, 0.29) is 23.9 Å². The van der Waals surface area contributed by atoms with Gasteiger partial charge in [0.1, 0.15) is 0 Å². The zero-order valence-corrected chi connectivity index (χ0v) is 10.3. The van der Waals surface area contributed by atoms with Gasteiger partial charge in [-0.05, 0) is 26.3 Å². The molecule has 0 saturated carbocycles. The number of aromatic nitrogens is 2. The first-order chi connectivity index (χ1) is 7.45. The van der Waals surface area contributed by atoms with Gasteiger partial charge in [-0.1, -0.05) is 13.8 Å². The molecule has 0 bridgehead atoms. The lowest BCUT2D eigenvalue weighted by molar-refractivity contribution is -0.123. The highest BCUT2D eigenvalue weighted by molar-refractivity contribution is 5.80. The molecule has 1 aromatic rings. The molecule has 0 saturated heterocycles. The number of ketones is 1. The molecule has 4 nitrogen and oxygen atoms in total. The van der Waals surface area contributed by atoms with E-state index < -0.39 is 0 Å². The Kier molecular flexibility index (Phi) is 3.99. The van der Waals surface area contributed by atoms with Crippen molar-refractivity contribution in [3.63, 3.8) is 0 Å². The molecule has 16 heavy (non-hydrogen) atoms. The fraction of sp³-hybridized carbons (Fsp3) is 0.583. The van der Waals surface area contributed by atoms with Crippen molar-refractivity contribution >= 4 is 5.78 Å². The van der Waals surface area contributed by atoms with Crippen LogP contribution in [0.1, 0.15) is 31.7 Å². The lowest BCUT2D eigenvalue weighted by Crippen LogP contribution is -2.30. The molecule has 0 aliphatic carbocycles. The van der Waals surface area contributed by atoms with Crippen LogP contribution in [0, 0.1) is 19.8 Å². The summed E-state index contributed by atoms with van der Waals surface area (Å²) in [6.07, 6.45) is 0.798. The summed E-state index contributed by atoms with van der Waals surface area (Å²) in [7, 11) is 0. The number of carbonyl (C=O) groups is 1. The van der Waals surface area contributed by atoms with Gasteiger partial charge in [-0.15, -0.1) is 0 Å². The van der Waals surface area contributed by atoms with Crippen molar-refractivity contribution in [1.82, 2.24) is 9.55 Å². The van der Waals surface area contributed by atoms with Gasteiger partial charge in [-0.2, -0.15) is 4.98 Å². The van der Waals surface area contributed by atoms with Crippen LogP contribution in [0.4, 0.5) is 0 Å². The van der Waals surface area contributed by atoms with Gasteiger partial charge in [0.05, 0.1) is 6.54 Å². The van der Waals surface area contributed by atoms with E-state index in [1.54, 1.807) is 6.92 Å². The average molecular weight is 222 g/mol. The second-order valence-electron chi connectivity index (χ2n) is 4.18. The van der Waals surface area contributed by atoms with Crippen molar-refractivity contribution in [1.29, 1.82) is 0 Å². The molecule has 0 fully saturated rings. The van der Waals surface area contributed by atoms with Crippen LogP contribution < -0.4 is 5.69 Å². The monoisotopic (exact) mass is 222 g/mol. The topological polar surface area (TPSA) is 52.0 Å². The van der Waals surface area contributed by atoms with Crippen LogP contribution in [0.3, 0.4) is 0 Å². The van der Waals surface area contributed by atoms with E-state index in [0.29, 0.717) is 5.69 Å². The molecule has 0 radical (unpaired) electrons. The summed E-state index contributed by atoms with van der Waals surface area (Å²) in [6.45, 7) is 7.57. The van der Waals surface area contributed by atoms with Gasteiger partial charge in [-0.3, -0.25) is 9.36 Å². The highest BCUT2D eigenvalue weighted by atomic mass is 16.2. The molecule has 1 atom stereocenters. The molecule has 4 heteroatoms. The number of rotatable bonds is 4. The van der Waals surface area contributed by atoms with E-state index in [4.69, 9.17) is 0 Å². The summed E-state index contributed by atoms with van der Waals surface area (Å²) in [5.74, 6) is 0.0750. The van der Waals surface area contributed by atoms with Gasteiger partial charge in [-0.25, -0.2) is 4.79 Å². The summed E-state index contributed by atoms with van der Waals surface area (Å²) < 4.78 is 1.43. The maximum absolute atomic E-state index is 11.7. The highest BCUT2D eigenvalue weighted by Gasteiger charge is 2.13.